The van der Waals surface area contributed by atoms with Gasteiger partial charge in [0.1, 0.15) is 11.5 Å². The lowest BCUT2D eigenvalue weighted by Crippen LogP contribution is -2.31. The molecule has 0 radical (unpaired) electrons. The van der Waals surface area contributed by atoms with E-state index in [1.807, 2.05) is 83.7 Å². The van der Waals surface area contributed by atoms with E-state index >= 15 is 0 Å². The number of hydrogen-bond acceptors (Lipinski definition) is 5. The molecular formula is C31H26N4O3S. The number of fused-ring (bicyclic) bond motifs is 1. The summed E-state index contributed by atoms with van der Waals surface area (Å²) in [5.74, 6) is 0.879. The summed E-state index contributed by atoms with van der Waals surface area (Å²) < 4.78 is 7.26. The normalized spacial score (nSPS) is 15.6. The van der Waals surface area contributed by atoms with Gasteiger partial charge in [-0.05, 0) is 96.6 Å². The Morgan fingerprint density at radius 2 is 1.79 bits per heavy atom. The van der Waals surface area contributed by atoms with Crippen LogP contribution in [-0.2, 0) is 11.2 Å². The zero-order chi connectivity index (χ0) is 26.8. The van der Waals surface area contributed by atoms with E-state index in [4.69, 9.17) is 9.73 Å². The maximum Gasteiger partial charge on any atom is 0.266 e. The number of nitrogens with one attached hydrogen (secondary N) is 1. The van der Waals surface area contributed by atoms with Gasteiger partial charge in [0, 0.05) is 41.2 Å². The number of thioether (sulfide) groups is 1. The second kappa shape index (κ2) is 10.6. The van der Waals surface area contributed by atoms with Gasteiger partial charge in [0.05, 0.1) is 17.7 Å². The molecule has 2 N–H and O–H groups in total. The fourth-order valence-electron chi connectivity index (χ4n) is 4.62. The van der Waals surface area contributed by atoms with Gasteiger partial charge in [0.15, 0.2) is 5.17 Å². The van der Waals surface area contributed by atoms with Crippen molar-refractivity contribution < 1.29 is 14.6 Å². The number of benzene rings is 3. The van der Waals surface area contributed by atoms with Gasteiger partial charge in [-0.2, -0.15) is 0 Å². The smallest absolute Gasteiger partial charge is 0.266 e. The molecule has 1 aliphatic heterocycles. The Bertz CT molecular complexity index is 1700. The number of rotatable bonds is 7. The van der Waals surface area contributed by atoms with E-state index in [1.54, 1.807) is 24.1 Å². The Labute approximate surface area is 230 Å². The Balaban J connectivity index is 1.32. The van der Waals surface area contributed by atoms with E-state index in [9.17, 15) is 9.90 Å². The Kier molecular flexibility index (Phi) is 6.69. The minimum absolute atomic E-state index is 0.0782. The lowest BCUT2D eigenvalue weighted by atomic mass is 10.1. The van der Waals surface area contributed by atoms with Gasteiger partial charge < -0.3 is 19.4 Å². The van der Waals surface area contributed by atoms with E-state index in [-0.39, 0.29) is 11.7 Å². The molecule has 1 aliphatic rings. The number of para-hydroxylation sites is 1. The molecule has 2 aromatic heterocycles. The molecule has 39 heavy (non-hydrogen) atoms. The van der Waals surface area contributed by atoms with Gasteiger partial charge >= 0.3 is 0 Å². The van der Waals surface area contributed by atoms with Crippen molar-refractivity contribution in [3.63, 3.8) is 0 Å². The lowest BCUT2D eigenvalue weighted by Gasteiger charge is -2.15. The van der Waals surface area contributed by atoms with Crippen LogP contribution in [0.4, 0.5) is 5.69 Å². The van der Waals surface area contributed by atoms with Crippen molar-refractivity contribution in [3.8, 4) is 17.2 Å². The third kappa shape index (κ3) is 5.06. The fourth-order valence-corrected chi connectivity index (χ4v) is 5.63. The molecule has 0 unspecified atom stereocenters. The number of amidine groups is 1. The number of carbonyl (C=O) groups is 1. The monoisotopic (exact) mass is 534 g/mol. The number of carbonyl (C=O) groups excluding carboxylic acids is 1. The van der Waals surface area contributed by atoms with Crippen LogP contribution in [-0.4, -0.2) is 44.3 Å². The van der Waals surface area contributed by atoms with Crippen molar-refractivity contribution >= 4 is 45.5 Å². The number of amides is 1. The van der Waals surface area contributed by atoms with Crippen LogP contribution in [0, 0.1) is 0 Å². The highest BCUT2D eigenvalue weighted by Crippen LogP contribution is 2.35. The molecule has 1 saturated heterocycles. The molecule has 6 rings (SSSR count). The number of nitrogens with zero attached hydrogens (tertiary/aromatic N) is 3. The number of aliphatic imine (C=N–C) groups is 1. The largest absolute Gasteiger partial charge is 0.508 e. The highest BCUT2D eigenvalue weighted by atomic mass is 32.2. The SMILES string of the molecule is COc1ccc(N=C2S/C(=C\c3cccn3-c3ccc(O)cc3)C(=O)N2CCc2c[nH]c3ccccc23)cc1. The van der Waals surface area contributed by atoms with E-state index < -0.39 is 0 Å². The number of phenols is 1. The minimum atomic E-state index is -0.0782. The van der Waals surface area contributed by atoms with Crippen LogP contribution in [0.15, 0.2) is 107 Å². The molecule has 0 bridgehead atoms. The predicted octanol–water partition coefficient (Wildman–Crippen LogP) is 6.52. The third-order valence-corrected chi connectivity index (χ3v) is 7.66. The zero-order valence-corrected chi connectivity index (χ0v) is 22.1. The van der Waals surface area contributed by atoms with Crippen LogP contribution in [0.3, 0.4) is 0 Å². The average Bonchev–Trinajstić information content (AvgIpc) is 3.67. The van der Waals surface area contributed by atoms with Gasteiger partial charge in [0.25, 0.3) is 5.91 Å². The maximum atomic E-state index is 13.7. The van der Waals surface area contributed by atoms with Gasteiger partial charge in [0.2, 0.25) is 0 Å². The first-order valence-corrected chi connectivity index (χ1v) is 13.4. The van der Waals surface area contributed by atoms with Crippen LogP contribution in [0.5, 0.6) is 11.5 Å². The number of aromatic nitrogens is 2. The maximum absolute atomic E-state index is 13.7. The summed E-state index contributed by atoms with van der Waals surface area (Å²) in [6.07, 6.45) is 6.54. The van der Waals surface area contributed by atoms with Crippen LogP contribution < -0.4 is 4.74 Å². The first-order chi connectivity index (χ1) is 19.1. The summed E-state index contributed by atoms with van der Waals surface area (Å²) in [5.41, 5.74) is 4.74. The van der Waals surface area contributed by atoms with Crippen LogP contribution in [0.25, 0.3) is 22.7 Å². The number of H-pyrrole nitrogens is 1. The van der Waals surface area contributed by atoms with Gasteiger partial charge in [-0.3, -0.25) is 9.69 Å². The molecule has 3 aromatic carbocycles. The fraction of sp³-hybridized carbons (Fsp3) is 0.0968. The first-order valence-electron chi connectivity index (χ1n) is 12.5. The molecule has 1 fully saturated rings. The summed E-state index contributed by atoms with van der Waals surface area (Å²) >= 11 is 1.37. The number of ether oxygens (including phenoxy) is 1. The number of aromatic hydroxyl groups is 1. The summed E-state index contributed by atoms with van der Waals surface area (Å²) in [7, 11) is 1.63. The van der Waals surface area contributed by atoms with Crippen LogP contribution in [0.1, 0.15) is 11.3 Å². The third-order valence-electron chi connectivity index (χ3n) is 6.65. The van der Waals surface area contributed by atoms with Gasteiger partial charge in [-0.25, -0.2) is 4.99 Å². The van der Waals surface area contributed by atoms with Crippen molar-refractivity contribution in [1.29, 1.82) is 0 Å². The molecule has 194 valence electrons. The molecule has 8 heteroatoms. The summed E-state index contributed by atoms with van der Waals surface area (Å²) in [5, 5.41) is 11.5. The van der Waals surface area contributed by atoms with Crippen LogP contribution in [0.2, 0.25) is 0 Å². The molecule has 3 heterocycles. The highest BCUT2D eigenvalue weighted by molar-refractivity contribution is 8.18. The van der Waals surface area contributed by atoms with Gasteiger partial charge in [-0.15, -0.1) is 0 Å². The van der Waals surface area contributed by atoms with Crippen LogP contribution >= 0.6 is 11.8 Å². The zero-order valence-electron chi connectivity index (χ0n) is 21.2. The van der Waals surface area contributed by atoms with E-state index in [0.717, 1.165) is 39.3 Å². The molecule has 7 nitrogen and oxygen atoms in total. The van der Waals surface area contributed by atoms with Gasteiger partial charge in [-0.1, -0.05) is 18.2 Å². The van der Waals surface area contributed by atoms with Crippen molar-refractivity contribution in [2.45, 2.75) is 6.42 Å². The van der Waals surface area contributed by atoms with E-state index in [1.165, 1.54) is 11.8 Å². The molecule has 0 saturated carbocycles. The molecular weight excluding hydrogens is 508 g/mol. The Morgan fingerprint density at radius 3 is 2.59 bits per heavy atom. The Hall–Kier alpha value is -4.69. The number of phenolic OH excluding ortho intramolecular Hbond substituents is 1. The quantitative estimate of drug-likeness (QED) is 0.233. The first kappa shape index (κ1) is 24.6. The molecule has 5 aromatic rings. The second-order valence-corrected chi connectivity index (χ2v) is 10.1. The summed E-state index contributed by atoms with van der Waals surface area (Å²) in [6, 6.07) is 26.5. The summed E-state index contributed by atoms with van der Waals surface area (Å²) in [6.45, 7) is 0.499. The number of methoxy groups -OCH3 is 1. The number of hydrogen-bond donors (Lipinski definition) is 2. The second-order valence-electron chi connectivity index (χ2n) is 9.09. The van der Waals surface area contributed by atoms with E-state index in [0.29, 0.717) is 23.0 Å². The topological polar surface area (TPSA) is 82.8 Å². The average molecular weight is 535 g/mol. The molecule has 0 aliphatic carbocycles. The van der Waals surface area contributed by atoms with Crippen molar-refractivity contribution in [1.82, 2.24) is 14.5 Å². The number of aromatic amines is 1. The molecule has 0 atom stereocenters. The summed E-state index contributed by atoms with van der Waals surface area (Å²) in [4.78, 5) is 24.3. The van der Waals surface area contributed by atoms with Crippen molar-refractivity contribution in [3.05, 3.63) is 113 Å². The van der Waals surface area contributed by atoms with Crippen molar-refractivity contribution in [2.24, 2.45) is 4.99 Å². The minimum Gasteiger partial charge on any atom is -0.508 e. The van der Waals surface area contributed by atoms with E-state index in [2.05, 4.69) is 17.1 Å². The lowest BCUT2D eigenvalue weighted by molar-refractivity contribution is -0.122. The highest BCUT2D eigenvalue weighted by Gasteiger charge is 2.33. The Morgan fingerprint density at radius 1 is 1.00 bits per heavy atom. The molecule has 1 amide bonds. The predicted molar refractivity (Wildman–Crippen MR) is 157 cm³/mol. The molecule has 0 spiro atoms. The standard InChI is InChI=1S/C31H26N4O3S/c1-38-26-14-8-22(9-15-26)33-31-35(18-16-21-20-32-28-7-3-2-6-27(21)28)30(37)29(39-31)19-24-5-4-17-34(24)23-10-12-25(36)13-11-23/h2-15,17,19-20,32,36H,16,18H2,1H3/b29-19-,33-31?. The van der Waals surface area contributed by atoms with Crippen molar-refractivity contribution in [2.75, 3.05) is 13.7 Å².